The van der Waals surface area contributed by atoms with E-state index < -0.39 is 18.5 Å². The Morgan fingerprint density at radius 3 is 1.58 bits per heavy atom. The van der Waals surface area contributed by atoms with Crippen LogP contribution in [-0.2, 0) is 0 Å². The average Bonchev–Trinajstić information content (AvgIpc) is 2.18. The summed E-state index contributed by atoms with van der Waals surface area (Å²) in [5.41, 5.74) is -2.01. The monoisotopic (exact) mass is 334 g/mol. The molecule has 0 unspecified atom stereocenters. The number of aliphatic hydroxyl groups is 2. The molecule has 5 nitrogen and oxygen atoms in total. The zero-order valence-electron chi connectivity index (χ0n) is 11.5. The van der Waals surface area contributed by atoms with Gasteiger partial charge in [0.2, 0.25) is 0 Å². The Morgan fingerprint density at radius 2 is 1.32 bits per heavy atom. The quantitative estimate of drug-likeness (QED) is 0.626. The molecule has 0 heterocycles. The zero-order chi connectivity index (χ0) is 15.3. The summed E-state index contributed by atoms with van der Waals surface area (Å²) in [4.78, 5) is 0. The van der Waals surface area contributed by atoms with Gasteiger partial charge in [-0.1, -0.05) is 15.9 Å². The van der Waals surface area contributed by atoms with Gasteiger partial charge in [0, 0.05) is 4.47 Å². The van der Waals surface area contributed by atoms with E-state index in [1.54, 1.807) is 52.0 Å². The molecule has 0 aliphatic carbocycles. The smallest absolute Gasteiger partial charge is 0.512 e. The highest BCUT2D eigenvalue weighted by molar-refractivity contribution is 9.10. The van der Waals surface area contributed by atoms with Crippen molar-refractivity contribution >= 4 is 23.3 Å². The lowest BCUT2D eigenvalue weighted by Gasteiger charge is -2.31. The molecule has 0 aliphatic heterocycles. The van der Waals surface area contributed by atoms with E-state index in [1.807, 2.05) is 0 Å². The van der Waals surface area contributed by atoms with Crippen LogP contribution in [0.3, 0.4) is 0 Å². The van der Waals surface area contributed by atoms with Crippen LogP contribution in [0, 0.1) is 0 Å². The Morgan fingerprint density at radius 1 is 0.947 bits per heavy atom. The molecule has 108 valence electrons. The minimum atomic E-state index is -1.75. The standard InChI is InChI=1S/C6H6BBrO3.C6H14O2/c8-5-1-3-6(4-2-5)11-7(9)10;1-5(2,7)6(3,4)8/h1-4,9-10H;7-8H,1-4H3. The summed E-state index contributed by atoms with van der Waals surface area (Å²) in [7, 11) is -1.75. The highest BCUT2D eigenvalue weighted by Crippen LogP contribution is 2.19. The Kier molecular flexibility index (Phi) is 7.03. The predicted molar refractivity (Wildman–Crippen MR) is 77.6 cm³/mol. The molecular weight excluding hydrogens is 315 g/mol. The largest absolute Gasteiger partial charge is 0.707 e. The van der Waals surface area contributed by atoms with Crippen LogP contribution in [0.2, 0.25) is 0 Å². The second kappa shape index (κ2) is 7.26. The topological polar surface area (TPSA) is 90.2 Å². The Bertz CT molecular complexity index is 355. The molecule has 0 aromatic heterocycles. The summed E-state index contributed by atoms with van der Waals surface area (Å²) < 4.78 is 5.47. The van der Waals surface area contributed by atoms with Gasteiger partial charge in [0.15, 0.2) is 0 Å². The Hall–Kier alpha value is -0.595. The van der Waals surface area contributed by atoms with Crippen LogP contribution in [-0.4, -0.2) is 38.8 Å². The number of halogens is 1. The summed E-state index contributed by atoms with van der Waals surface area (Å²) in [5, 5.41) is 35.0. The fourth-order valence-electron chi connectivity index (χ4n) is 0.635. The van der Waals surface area contributed by atoms with Gasteiger partial charge in [-0.25, -0.2) is 0 Å². The lowest BCUT2D eigenvalue weighted by atomic mass is 9.90. The van der Waals surface area contributed by atoms with Crippen molar-refractivity contribution in [2.75, 3.05) is 0 Å². The van der Waals surface area contributed by atoms with Crippen molar-refractivity contribution < 1.29 is 24.9 Å². The van der Waals surface area contributed by atoms with Crippen LogP contribution in [0.4, 0.5) is 0 Å². The minimum Gasteiger partial charge on any atom is -0.512 e. The van der Waals surface area contributed by atoms with E-state index in [2.05, 4.69) is 20.6 Å². The normalized spacial score (nSPS) is 11.4. The molecule has 1 rings (SSSR count). The second-order valence-electron chi connectivity index (χ2n) is 5.02. The predicted octanol–water partition coefficient (Wildman–Crippen LogP) is 1.33. The number of hydrogen-bond donors (Lipinski definition) is 4. The molecule has 0 aliphatic rings. The van der Waals surface area contributed by atoms with E-state index in [0.717, 1.165) is 4.47 Å². The molecule has 7 heteroatoms. The third-order valence-electron chi connectivity index (χ3n) is 2.55. The highest BCUT2D eigenvalue weighted by Gasteiger charge is 2.31. The maximum Gasteiger partial charge on any atom is 0.707 e. The van der Waals surface area contributed by atoms with Crippen molar-refractivity contribution in [1.82, 2.24) is 0 Å². The molecule has 0 saturated carbocycles. The molecule has 19 heavy (non-hydrogen) atoms. The zero-order valence-corrected chi connectivity index (χ0v) is 13.0. The molecule has 0 radical (unpaired) electrons. The number of hydrogen-bond acceptors (Lipinski definition) is 5. The van der Waals surface area contributed by atoms with Gasteiger partial charge >= 0.3 is 7.32 Å². The van der Waals surface area contributed by atoms with E-state index in [1.165, 1.54) is 0 Å². The summed E-state index contributed by atoms with van der Waals surface area (Å²) in [6, 6.07) is 6.75. The van der Waals surface area contributed by atoms with Crippen molar-refractivity contribution in [1.29, 1.82) is 0 Å². The summed E-state index contributed by atoms with van der Waals surface area (Å²) in [6.45, 7) is 6.31. The van der Waals surface area contributed by atoms with Gasteiger partial charge in [0.25, 0.3) is 0 Å². The first-order valence-corrected chi connectivity index (χ1v) is 6.46. The lowest BCUT2D eigenvalue weighted by molar-refractivity contribution is -0.107. The first-order chi connectivity index (χ1) is 8.43. The lowest BCUT2D eigenvalue weighted by Crippen LogP contribution is -2.44. The van der Waals surface area contributed by atoms with Gasteiger partial charge in [0.1, 0.15) is 5.75 Å². The van der Waals surface area contributed by atoms with Crippen molar-refractivity contribution in [2.24, 2.45) is 0 Å². The van der Waals surface area contributed by atoms with E-state index in [-0.39, 0.29) is 0 Å². The van der Waals surface area contributed by atoms with Gasteiger partial charge in [-0.15, -0.1) is 0 Å². The van der Waals surface area contributed by atoms with E-state index in [0.29, 0.717) is 5.75 Å². The number of rotatable bonds is 3. The molecule has 4 N–H and O–H groups in total. The van der Waals surface area contributed by atoms with Gasteiger partial charge in [-0.2, -0.15) is 0 Å². The molecule has 0 amide bonds. The Labute approximate surface area is 122 Å². The van der Waals surface area contributed by atoms with Crippen molar-refractivity contribution in [3.63, 3.8) is 0 Å². The Balaban J connectivity index is 0.000000362. The third kappa shape index (κ3) is 8.23. The van der Waals surface area contributed by atoms with Crippen LogP contribution < -0.4 is 4.65 Å². The molecule has 0 bridgehead atoms. The fourth-order valence-corrected chi connectivity index (χ4v) is 0.899. The van der Waals surface area contributed by atoms with Gasteiger partial charge < -0.3 is 24.9 Å². The highest BCUT2D eigenvalue weighted by atomic mass is 79.9. The SMILES string of the molecule is CC(C)(O)C(C)(C)O.OB(O)Oc1ccc(Br)cc1. The summed E-state index contributed by atoms with van der Waals surface area (Å²) in [5.74, 6) is 0.420. The first-order valence-electron chi connectivity index (χ1n) is 5.66. The van der Waals surface area contributed by atoms with Gasteiger partial charge in [-0.05, 0) is 52.0 Å². The molecule has 0 fully saturated rings. The van der Waals surface area contributed by atoms with Crippen LogP contribution in [0.5, 0.6) is 5.75 Å². The van der Waals surface area contributed by atoms with E-state index in [9.17, 15) is 0 Å². The van der Waals surface area contributed by atoms with E-state index in [4.69, 9.17) is 20.3 Å². The fraction of sp³-hybridized carbons (Fsp3) is 0.500. The summed E-state index contributed by atoms with van der Waals surface area (Å²) in [6.07, 6.45) is 0. The van der Waals surface area contributed by atoms with Crippen molar-refractivity contribution in [3.05, 3.63) is 28.7 Å². The van der Waals surface area contributed by atoms with E-state index >= 15 is 0 Å². The molecular formula is C12H20BBrO5. The van der Waals surface area contributed by atoms with Crippen LogP contribution in [0.25, 0.3) is 0 Å². The van der Waals surface area contributed by atoms with Crippen LogP contribution in [0.1, 0.15) is 27.7 Å². The molecule has 1 aromatic rings. The first kappa shape index (κ1) is 18.4. The van der Waals surface area contributed by atoms with Gasteiger partial charge in [0.05, 0.1) is 11.2 Å². The second-order valence-corrected chi connectivity index (χ2v) is 5.93. The molecule has 0 spiro atoms. The molecule has 1 aromatic carbocycles. The van der Waals surface area contributed by atoms with Crippen LogP contribution in [0.15, 0.2) is 28.7 Å². The van der Waals surface area contributed by atoms with Crippen molar-refractivity contribution in [3.8, 4) is 5.75 Å². The molecule has 0 saturated heterocycles. The number of benzene rings is 1. The summed E-state index contributed by atoms with van der Waals surface area (Å²) >= 11 is 3.23. The maximum atomic E-state index is 9.10. The third-order valence-corrected chi connectivity index (χ3v) is 3.08. The van der Waals surface area contributed by atoms with Gasteiger partial charge in [-0.3, -0.25) is 0 Å². The van der Waals surface area contributed by atoms with Crippen LogP contribution >= 0.6 is 15.9 Å². The maximum absolute atomic E-state index is 9.10. The van der Waals surface area contributed by atoms with Crippen molar-refractivity contribution in [2.45, 2.75) is 38.9 Å². The minimum absolute atomic E-state index is 0.420. The molecule has 0 atom stereocenters. The average molecular weight is 335 g/mol.